The molecular formula is C18H14ClNO. The summed E-state index contributed by atoms with van der Waals surface area (Å²) in [6.45, 7) is 2.06. The molecule has 2 aromatic carbocycles. The number of allylic oxidation sites excluding steroid dienone is 1. The molecule has 104 valence electrons. The normalized spacial score (nSPS) is 17.0. The van der Waals surface area contributed by atoms with Crippen LogP contribution >= 0.6 is 11.6 Å². The summed E-state index contributed by atoms with van der Waals surface area (Å²) in [4.78, 5) is 0. The zero-order valence-electron chi connectivity index (χ0n) is 11.6. The van der Waals surface area contributed by atoms with E-state index in [-0.39, 0.29) is 6.10 Å². The van der Waals surface area contributed by atoms with Gasteiger partial charge in [0.2, 0.25) is 0 Å². The third-order valence-corrected chi connectivity index (χ3v) is 3.76. The molecule has 0 fully saturated rings. The monoisotopic (exact) mass is 295 g/mol. The second-order valence-electron chi connectivity index (χ2n) is 5.18. The summed E-state index contributed by atoms with van der Waals surface area (Å²) < 4.78 is 5.69. The lowest BCUT2D eigenvalue weighted by Gasteiger charge is -2.03. The van der Waals surface area contributed by atoms with E-state index in [4.69, 9.17) is 16.3 Å². The lowest BCUT2D eigenvalue weighted by molar-refractivity contribution is 0.254. The van der Waals surface area contributed by atoms with Gasteiger partial charge in [-0.2, -0.15) is 5.26 Å². The van der Waals surface area contributed by atoms with Gasteiger partial charge < -0.3 is 4.74 Å². The standard InChI is InChI=1S/C18H14ClNO/c1-12-8-15-9-13(2-7-18(15)21-12)10-16(11-20)14-3-5-17(19)6-4-14/h2-7,9-10,12H,8H2,1H3/b16-10+/t12-/m1/s1. The van der Waals surface area contributed by atoms with Gasteiger partial charge in [0.05, 0.1) is 11.6 Å². The number of nitriles is 1. The molecular weight excluding hydrogens is 282 g/mol. The predicted octanol–water partition coefficient (Wildman–Crippen LogP) is 4.73. The van der Waals surface area contributed by atoms with Gasteiger partial charge in [-0.25, -0.2) is 0 Å². The van der Waals surface area contributed by atoms with Gasteiger partial charge in [0.15, 0.2) is 0 Å². The van der Waals surface area contributed by atoms with Crippen LogP contribution in [-0.2, 0) is 6.42 Å². The topological polar surface area (TPSA) is 33.0 Å². The third kappa shape index (κ3) is 2.94. The van der Waals surface area contributed by atoms with Crippen LogP contribution in [0.2, 0.25) is 5.02 Å². The number of fused-ring (bicyclic) bond motifs is 1. The lowest BCUT2D eigenvalue weighted by atomic mass is 10.0. The van der Waals surface area contributed by atoms with Gasteiger partial charge in [-0.3, -0.25) is 0 Å². The Morgan fingerprint density at radius 3 is 2.76 bits per heavy atom. The summed E-state index contributed by atoms with van der Waals surface area (Å²) in [6.07, 6.45) is 3.04. The number of nitrogens with zero attached hydrogens (tertiary/aromatic N) is 1. The summed E-state index contributed by atoms with van der Waals surface area (Å²) in [5.41, 5.74) is 3.70. The molecule has 1 heterocycles. The van der Waals surface area contributed by atoms with Crippen molar-refractivity contribution in [2.45, 2.75) is 19.4 Å². The van der Waals surface area contributed by atoms with Gasteiger partial charge in [-0.1, -0.05) is 29.8 Å². The molecule has 3 rings (SSSR count). The van der Waals surface area contributed by atoms with Gasteiger partial charge in [-0.15, -0.1) is 0 Å². The smallest absolute Gasteiger partial charge is 0.123 e. The highest BCUT2D eigenvalue weighted by molar-refractivity contribution is 6.30. The fraction of sp³-hybridized carbons (Fsp3) is 0.167. The van der Waals surface area contributed by atoms with Crippen molar-refractivity contribution in [1.82, 2.24) is 0 Å². The summed E-state index contributed by atoms with van der Waals surface area (Å²) in [5.74, 6) is 0.949. The minimum Gasteiger partial charge on any atom is -0.490 e. The quantitative estimate of drug-likeness (QED) is 0.593. The van der Waals surface area contributed by atoms with E-state index in [0.29, 0.717) is 10.6 Å². The molecule has 1 aliphatic heterocycles. The molecule has 3 heteroatoms. The maximum Gasteiger partial charge on any atom is 0.123 e. The molecule has 2 aromatic rings. The van der Waals surface area contributed by atoms with Gasteiger partial charge >= 0.3 is 0 Å². The lowest BCUT2D eigenvalue weighted by Crippen LogP contribution is -2.05. The number of ether oxygens (including phenoxy) is 1. The van der Waals surface area contributed by atoms with Crippen molar-refractivity contribution in [1.29, 1.82) is 5.26 Å². The zero-order valence-corrected chi connectivity index (χ0v) is 12.4. The average molecular weight is 296 g/mol. The molecule has 0 aliphatic carbocycles. The molecule has 0 bridgehead atoms. The van der Waals surface area contributed by atoms with E-state index >= 15 is 0 Å². The van der Waals surface area contributed by atoms with Crippen molar-refractivity contribution in [3.05, 3.63) is 64.2 Å². The van der Waals surface area contributed by atoms with Crippen molar-refractivity contribution >= 4 is 23.3 Å². The Morgan fingerprint density at radius 2 is 2.05 bits per heavy atom. The van der Waals surface area contributed by atoms with Crippen LogP contribution in [0.5, 0.6) is 5.75 Å². The van der Waals surface area contributed by atoms with Crippen molar-refractivity contribution in [2.24, 2.45) is 0 Å². The second-order valence-corrected chi connectivity index (χ2v) is 5.61. The number of benzene rings is 2. The molecule has 0 saturated carbocycles. The average Bonchev–Trinajstić information content (AvgIpc) is 2.85. The Morgan fingerprint density at radius 1 is 1.29 bits per heavy atom. The molecule has 0 radical (unpaired) electrons. The highest BCUT2D eigenvalue weighted by atomic mass is 35.5. The fourth-order valence-electron chi connectivity index (χ4n) is 2.51. The Balaban J connectivity index is 1.95. The van der Waals surface area contributed by atoms with E-state index in [1.807, 2.05) is 30.3 Å². The minimum absolute atomic E-state index is 0.228. The molecule has 0 saturated heterocycles. The molecule has 1 aliphatic rings. The maximum atomic E-state index is 9.37. The maximum absolute atomic E-state index is 9.37. The summed E-state index contributed by atoms with van der Waals surface area (Å²) in [6, 6.07) is 15.6. The molecule has 0 unspecified atom stereocenters. The Hall–Kier alpha value is -2.24. The Bertz CT molecular complexity index is 741. The predicted molar refractivity (Wildman–Crippen MR) is 85.2 cm³/mol. The van der Waals surface area contributed by atoms with E-state index in [1.165, 1.54) is 5.56 Å². The van der Waals surface area contributed by atoms with Crippen LogP contribution < -0.4 is 4.74 Å². The van der Waals surface area contributed by atoms with Crippen LogP contribution in [0.1, 0.15) is 23.6 Å². The first-order valence-corrected chi connectivity index (χ1v) is 7.21. The first-order chi connectivity index (χ1) is 10.2. The van der Waals surface area contributed by atoms with Crippen molar-refractivity contribution in [3.63, 3.8) is 0 Å². The third-order valence-electron chi connectivity index (χ3n) is 3.51. The number of hydrogen-bond donors (Lipinski definition) is 0. The highest BCUT2D eigenvalue weighted by Crippen LogP contribution is 2.30. The first-order valence-electron chi connectivity index (χ1n) is 6.83. The number of hydrogen-bond acceptors (Lipinski definition) is 2. The Kier molecular flexibility index (Phi) is 3.68. The van der Waals surface area contributed by atoms with Crippen LogP contribution in [0.15, 0.2) is 42.5 Å². The molecule has 2 nitrogen and oxygen atoms in total. The van der Waals surface area contributed by atoms with Gasteiger partial charge in [0.25, 0.3) is 0 Å². The van der Waals surface area contributed by atoms with Gasteiger partial charge in [0, 0.05) is 11.4 Å². The molecule has 1 atom stereocenters. The van der Waals surface area contributed by atoms with Crippen LogP contribution in [0, 0.1) is 11.3 Å². The fourth-order valence-corrected chi connectivity index (χ4v) is 2.63. The summed E-state index contributed by atoms with van der Waals surface area (Å²) >= 11 is 5.88. The second kappa shape index (κ2) is 5.63. The molecule has 21 heavy (non-hydrogen) atoms. The SMILES string of the molecule is C[C@@H]1Cc2cc(/C=C(\C#N)c3ccc(Cl)cc3)ccc2O1. The number of halogens is 1. The van der Waals surface area contributed by atoms with E-state index < -0.39 is 0 Å². The van der Waals surface area contributed by atoms with Crippen LogP contribution in [-0.4, -0.2) is 6.10 Å². The first kappa shape index (κ1) is 13.7. The summed E-state index contributed by atoms with van der Waals surface area (Å²) in [7, 11) is 0. The summed E-state index contributed by atoms with van der Waals surface area (Å²) in [5, 5.41) is 10.0. The zero-order chi connectivity index (χ0) is 14.8. The van der Waals surface area contributed by atoms with Crippen LogP contribution in [0.25, 0.3) is 11.6 Å². The van der Waals surface area contributed by atoms with E-state index in [1.54, 1.807) is 12.1 Å². The minimum atomic E-state index is 0.228. The molecule has 0 amide bonds. The van der Waals surface area contributed by atoms with Crippen molar-refractivity contribution < 1.29 is 4.74 Å². The highest BCUT2D eigenvalue weighted by Gasteiger charge is 2.18. The van der Waals surface area contributed by atoms with Crippen LogP contribution in [0.3, 0.4) is 0 Å². The Labute approximate surface area is 129 Å². The molecule has 0 spiro atoms. The number of rotatable bonds is 2. The molecule has 0 aromatic heterocycles. The largest absolute Gasteiger partial charge is 0.490 e. The van der Waals surface area contributed by atoms with E-state index in [9.17, 15) is 5.26 Å². The van der Waals surface area contributed by atoms with E-state index in [0.717, 1.165) is 23.3 Å². The van der Waals surface area contributed by atoms with Crippen molar-refractivity contribution in [3.8, 4) is 11.8 Å². The van der Waals surface area contributed by atoms with Gasteiger partial charge in [0.1, 0.15) is 11.9 Å². The van der Waals surface area contributed by atoms with Crippen LogP contribution in [0.4, 0.5) is 0 Å². The van der Waals surface area contributed by atoms with Gasteiger partial charge in [-0.05, 0) is 54.0 Å². The van der Waals surface area contributed by atoms with Crippen molar-refractivity contribution in [2.75, 3.05) is 0 Å². The van der Waals surface area contributed by atoms with E-state index in [2.05, 4.69) is 19.1 Å². The molecule has 0 N–H and O–H groups in total.